The van der Waals surface area contributed by atoms with E-state index in [-0.39, 0.29) is 6.61 Å². The molecule has 0 aromatic heterocycles. The van der Waals surface area contributed by atoms with Crippen molar-refractivity contribution in [3.05, 3.63) is 11.5 Å². The zero-order chi connectivity index (χ0) is 27.4. The number of carbonyl (C=O) groups is 1. The molecule has 0 fully saturated rings. The molecule has 37 heavy (non-hydrogen) atoms. The highest BCUT2D eigenvalue weighted by Crippen LogP contribution is 2.38. The summed E-state index contributed by atoms with van der Waals surface area (Å²) in [5, 5.41) is 48.8. The van der Waals surface area contributed by atoms with Crippen molar-refractivity contribution in [3.63, 3.8) is 0 Å². The second-order valence-corrected chi connectivity index (χ2v) is 10.6. The SMILES string of the molecule is CCCCCCCCCCCCCCCCCCCCOC1=C(O)[C@@](CC(O)CO)([C@@H](O)CO)OC1=O. The fourth-order valence-corrected chi connectivity index (χ4v) is 4.92. The fourth-order valence-electron chi connectivity index (χ4n) is 4.92. The number of hydrogen-bond donors (Lipinski definition) is 5. The molecule has 1 aliphatic heterocycles. The van der Waals surface area contributed by atoms with Crippen LogP contribution in [0.2, 0.25) is 0 Å². The van der Waals surface area contributed by atoms with E-state index in [0.29, 0.717) is 6.42 Å². The Labute approximate surface area is 224 Å². The first-order valence-corrected chi connectivity index (χ1v) is 14.8. The Morgan fingerprint density at radius 2 is 1.16 bits per heavy atom. The van der Waals surface area contributed by atoms with Gasteiger partial charge >= 0.3 is 5.97 Å². The minimum Gasteiger partial charge on any atom is -0.505 e. The molecule has 0 aromatic carbocycles. The lowest BCUT2D eigenvalue weighted by atomic mass is 9.88. The Balaban J connectivity index is 2.08. The van der Waals surface area contributed by atoms with Gasteiger partial charge in [-0.1, -0.05) is 116 Å². The van der Waals surface area contributed by atoms with E-state index in [1.807, 2.05) is 0 Å². The number of unbranched alkanes of at least 4 members (excludes halogenated alkanes) is 17. The number of hydrogen-bond acceptors (Lipinski definition) is 8. The first-order valence-electron chi connectivity index (χ1n) is 14.8. The third-order valence-electron chi connectivity index (χ3n) is 7.28. The molecule has 0 radical (unpaired) electrons. The predicted molar refractivity (Wildman–Crippen MR) is 144 cm³/mol. The fraction of sp³-hybridized carbons (Fsp3) is 0.897. The van der Waals surface area contributed by atoms with Crippen LogP contribution in [0.4, 0.5) is 0 Å². The van der Waals surface area contributed by atoms with Crippen molar-refractivity contribution in [3.8, 4) is 0 Å². The Hall–Kier alpha value is -1.35. The third kappa shape index (κ3) is 12.8. The standard InChI is InChI=1S/C29H54O8/c1-2-3-4-5-6-7-8-9-10-11-12-13-14-15-16-17-18-19-20-36-26-27(34)29(25(33)23-31,37-28(26)35)21-24(32)22-30/h24-25,30-34H,2-23H2,1H3/t24?,25-,29+/m0/s1. The maximum Gasteiger partial charge on any atom is 0.378 e. The molecular formula is C29H54O8. The summed E-state index contributed by atoms with van der Waals surface area (Å²) in [6.07, 6.45) is 19.4. The second-order valence-electron chi connectivity index (χ2n) is 10.6. The molecule has 218 valence electrons. The number of aliphatic hydroxyl groups is 5. The van der Waals surface area contributed by atoms with Crippen molar-refractivity contribution in [2.75, 3.05) is 19.8 Å². The average Bonchev–Trinajstić information content (AvgIpc) is 3.13. The van der Waals surface area contributed by atoms with E-state index in [0.717, 1.165) is 12.8 Å². The van der Waals surface area contributed by atoms with Gasteiger partial charge in [0.2, 0.25) is 11.4 Å². The van der Waals surface area contributed by atoms with Gasteiger partial charge in [0.25, 0.3) is 0 Å². The van der Waals surface area contributed by atoms with Crippen LogP contribution in [-0.4, -0.2) is 69.1 Å². The van der Waals surface area contributed by atoms with Gasteiger partial charge in [-0.15, -0.1) is 0 Å². The number of ether oxygens (including phenoxy) is 2. The molecule has 0 saturated carbocycles. The van der Waals surface area contributed by atoms with Gasteiger partial charge in [-0.2, -0.15) is 0 Å². The van der Waals surface area contributed by atoms with Crippen molar-refractivity contribution in [1.29, 1.82) is 0 Å². The van der Waals surface area contributed by atoms with E-state index in [4.69, 9.17) is 14.6 Å². The monoisotopic (exact) mass is 530 g/mol. The van der Waals surface area contributed by atoms with Gasteiger partial charge in [0.05, 0.1) is 25.9 Å². The quantitative estimate of drug-likeness (QED) is 0.0802. The highest BCUT2D eigenvalue weighted by Gasteiger charge is 2.55. The summed E-state index contributed by atoms with van der Waals surface area (Å²) in [7, 11) is 0. The van der Waals surface area contributed by atoms with Crippen molar-refractivity contribution < 1.29 is 39.8 Å². The van der Waals surface area contributed by atoms with Crippen molar-refractivity contribution in [1.82, 2.24) is 0 Å². The van der Waals surface area contributed by atoms with Crippen LogP contribution in [0, 0.1) is 0 Å². The van der Waals surface area contributed by atoms with Gasteiger partial charge in [0, 0.05) is 6.42 Å². The van der Waals surface area contributed by atoms with Crippen LogP contribution in [0.5, 0.6) is 0 Å². The van der Waals surface area contributed by atoms with Gasteiger partial charge in [-0.05, 0) is 6.42 Å². The molecule has 0 bridgehead atoms. The normalized spacial score (nSPS) is 19.3. The molecule has 1 heterocycles. The largest absolute Gasteiger partial charge is 0.505 e. The van der Waals surface area contributed by atoms with Crippen molar-refractivity contribution in [2.45, 2.75) is 147 Å². The summed E-state index contributed by atoms with van der Waals surface area (Å²) in [6, 6.07) is 0. The lowest BCUT2D eigenvalue weighted by Crippen LogP contribution is -2.49. The maximum atomic E-state index is 12.2. The van der Waals surface area contributed by atoms with Crippen molar-refractivity contribution in [2.24, 2.45) is 0 Å². The number of rotatable bonds is 25. The molecule has 0 aromatic rings. The smallest absolute Gasteiger partial charge is 0.378 e. The Morgan fingerprint density at radius 1 is 0.730 bits per heavy atom. The van der Waals surface area contributed by atoms with Crippen LogP contribution in [0.3, 0.4) is 0 Å². The van der Waals surface area contributed by atoms with Crippen LogP contribution < -0.4 is 0 Å². The summed E-state index contributed by atoms with van der Waals surface area (Å²) in [5.41, 5.74) is -2.03. The van der Waals surface area contributed by atoms with Crippen LogP contribution in [0.1, 0.15) is 129 Å². The van der Waals surface area contributed by atoms with E-state index in [1.54, 1.807) is 0 Å². The first-order chi connectivity index (χ1) is 17.9. The summed E-state index contributed by atoms with van der Waals surface area (Å²) in [6.45, 7) is 1.02. The van der Waals surface area contributed by atoms with E-state index in [9.17, 15) is 25.2 Å². The molecule has 8 heteroatoms. The molecule has 1 unspecified atom stereocenters. The lowest BCUT2D eigenvalue weighted by molar-refractivity contribution is -0.170. The predicted octanol–water partition coefficient (Wildman–Crippen LogP) is 5.21. The van der Waals surface area contributed by atoms with Crippen LogP contribution in [0.25, 0.3) is 0 Å². The molecule has 8 nitrogen and oxygen atoms in total. The summed E-state index contributed by atoms with van der Waals surface area (Å²) in [4.78, 5) is 12.2. The molecule has 0 saturated heterocycles. The minimum atomic E-state index is -2.03. The minimum absolute atomic E-state index is 0.209. The zero-order valence-corrected chi connectivity index (χ0v) is 23.2. The number of esters is 1. The highest BCUT2D eigenvalue weighted by molar-refractivity contribution is 5.90. The summed E-state index contributed by atoms with van der Waals surface area (Å²) < 4.78 is 10.6. The molecule has 0 amide bonds. The van der Waals surface area contributed by atoms with Gasteiger partial charge in [-0.25, -0.2) is 4.79 Å². The van der Waals surface area contributed by atoms with Gasteiger partial charge < -0.3 is 35.0 Å². The first kappa shape index (κ1) is 33.7. The van der Waals surface area contributed by atoms with Gasteiger partial charge in [0.1, 0.15) is 6.10 Å². The van der Waals surface area contributed by atoms with E-state index in [1.165, 1.54) is 96.3 Å². The van der Waals surface area contributed by atoms with E-state index < -0.39 is 54.9 Å². The molecule has 5 N–H and O–H groups in total. The molecule has 3 atom stereocenters. The topological polar surface area (TPSA) is 137 Å². The van der Waals surface area contributed by atoms with E-state index in [2.05, 4.69) is 6.92 Å². The second kappa shape index (κ2) is 20.6. The van der Waals surface area contributed by atoms with Crippen LogP contribution in [0.15, 0.2) is 11.5 Å². The number of aliphatic hydroxyl groups excluding tert-OH is 5. The van der Waals surface area contributed by atoms with Gasteiger partial charge in [-0.3, -0.25) is 0 Å². The molecular weight excluding hydrogens is 476 g/mol. The average molecular weight is 531 g/mol. The lowest BCUT2D eigenvalue weighted by Gasteiger charge is -2.32. The summed E-state index contributed by atoms with van der Waals surface area (Å²) in [5.74, 6) is -2.03. The molecule has 0 aliphatic carbocycles. The van der Waals surface area contributed by atoms with Crippen LogP contribution >= 0.6 is 0 Å². The third-order valence-corrected chi connectivity index (χ3v) is 7.28. The molecule has 0 spiro atoms. The highest BCUT2D eigenvalue weighted by atomic mass is 16.6. The molecule has 1 rings (SSSR count). The Morgan fingerprint density at radius 3 is 1.57 bits per heavy atom. The Kier molecular flexibility index (Phi) is 18.7. The summed E-state index contributed by atoms with van der Waals surface area (Å²) >= 11 is 0. The van der Waals surface area contributed by atoms with E-state index >= 15 is 0 Å². The van der Waals surface area contributed by atoms with Gasteiger partial charge in [0.15, 0.2) is 5.76 Å². The Bertz CT molecular complexity index is 623. The maximum absolute atomic E-state index is 12.2. The van der Waals surface area contributed by atoms with Crippen LogP contribution in [-0.2, 0) is 14.3 Å². The molecule has 1 aliphatic rings. The zero-order valence-electron chi connectivity index (χ0n) is 23.2. The van der Waals surface area contributed by atoms with Crippen molar-refractivity contribution >= 4 is 5.97 Å². The number of carbonyl (C=O) groups excluding carboxylic acids is 1. The number of cyclic esters (lactones) is 1.